The third kappa shape index (κ3) is 3.84. The molecule has 1 aromatic carbocycles. The van der Waals surface area contributed by atoms with Crippen LogP contribution in [-0.2, 0) is 20.7 Å². The minimum atomic E-state index is -0.773. The van der Waals surface area contributed by atoms with Crippen LogP contribution in [0.15, 0.2) is 18.2 Å². The Hall–Kier alpha value is -1.35. The lowest BCUT2D eigenvalue weighted by atomic mass is 9.95. The van der Waals surface area contributed by atoms with E-state index in [1.165, 1.54) is 6.92 Å². The summed E-state index contributed by atoms with van der Waals surface area (Å²) in [4.78, 5) is 23.2. The lowest BCUT2D eigenvalue weighted by Gasteiger charge is -2.13. The van der Waals surface area contributed by atoms with Crippen molar-refractivity contribution in [3.05, 3.63) is 34.3 Å². The van der Waals surface area contributed by atoms with Gasteiger partial charge in [-0.2, -0.15) is 0 Å². The summed E-state index contributed by atoms with van der Waals surface area (Å²) in [5.74, 6) is -1.46. The smallest absolute Gasteiger partial charge is 0.316 e. The topological polar surface area (TPSA) is 43.4 Å². The fourth-order valence-electron chi connectivity index (χ4n) is 1.67. The molecule has 1 unspecified atom stereocenters. The Morgan fingerprint density at radius 1 is 1.39 bits per heavy atom. The molecule has 0 saturated heterocycles. The molecule has 0 aromatic heterocycles. The van der Waals surface area contributed by atoms with Gasteiger partial charge in [-0.25, -0.2) is 0 Å². The van der Waals surface area contributed by atoms with Gasteiger partial charge in [-0.15, -0.1) is 0 Å². The number of halogens is 1. The highest BCUT2D eigenvalue weighted by atomic mass is 35.5. The molecule has 0 bridgehead atoms. The van der Waals surface area contributed by atoms with Gasteiger partial charge in [0, 0.05) is 5.02 Å². The summed E-state index contributed by atoms with van der Waals surface area (Å²) in [7, 11) is 0. The summed E-state index contributed by atoms with van der Waals surface area (Å²) >= 11 is 6.10. The van der Waals surface area contributed by atoms with Crippen molar-refractivity contribution in [2.24, 2.45) is 5.92 Å². The van der Waals surface area contributed by atoms with E-state index >= 15 is 0 Å². The molecule has 0 spiro atoms. The molecule has 98 valence electrons. The number of hydrogen-bond acceptors (Lipinski definition) is 3. The number of ether oxygens (including phenoxy) is 1. The van der Waals surface area contributed by atoms with Gasteiger partial charge in [0.15, 0.2) is 0 Å². The quantitative estimate of drug-likeness (QED) is 0.609. The van der Waals surface area contributed by atoms with E-state index in [2.05, 4.69) is 0 Å². The number of aryl methyl sites for hydroxylation is 1. The van der Waals surface area contributed by atoms with Crippen LogP contribution in [0.25, 0.3) is 0 Å². The fraction of sp³-hybridized carbons (Fsp3) is 0.429. The van der Waals surface area contributed by atoms with Crippen LogP contribution in [0.5, 0.6) is 0 Å². The maximum absolute atomic E-state index is 11.7. The number of hydrogen-bond donors (Lipinski definition) is 0. The number of esters is 1. The maximum atomic E-state index is 11.7. The van der Waals surface area contributed by atoms with Crippen LogP contribution in [0, 0.1) is 12.8 Å². The number of ketones is 1. The second-order valence-corrected chi connectivity index (χ2v) is 4.62. The molecule has 1 rings (SSSR count). The number of benzene rings is 1. The van der Waals surface area contributed by atoms with Gasteiger partial charge in [0.25, 0.3) is 0 Å². The first-order valence-corrected chi connectivity index (χ1v) is 6.25. The maximum Gasteiger partial charge on any atom is 0.316 e. The Labute approximate surface area is 112 Å². The van der Waals surface area contributed by atoms with Crippen molar-refractivity contribution in [1.29, 1.82) is 0 Å². The van der Waals surface area contributed by atoms with Crippen molar-refractivity contribution < 1.29 is 14.3 Å². The SMILES string of the molecule is CCOC(=O)C(Cc1ccc(C)cc1Cl)C(C)=O. The van der Waals surface area contributed by atoms with Crippen molar-refractivity contribution in [3.63, 3.8) is 0 Å². The standard InChI is InChI=1S/C14H17ClO3/c1-4-18-14(17)12(10(3)16)8-11-6-5-9(2)7-13(11)15/h5-7,12H,4,8H2,1-3H3. The Morgan fingerprint density at radius 3 is 2.56 bits per heavy atom. The van der Waals surface area contributed by atoms with E-state index in [0.29, 0.717) is 5.02 Å². The monoisotopic (exact) mass is 268 g/mol. The second-order valence-electron chi connectivity index (χ2n) is 4.21. The zero-order chi connectivity index (χ0) is 13.7. The molecule has 0 fully saturated rings. The lowest BCUT2D eigenvalue weighted by Crippen LogP contribution is -2.26. The highest BCUT2D eigenvalue weighted by Gasteiger charge is 2.25. The highest BCUT2D eigenvalue weighted by Crippen LogP contribution is 2.21. The summed E-state index contributed by atoms with van der Waals surface area (Å²) in [5.41, 5.74) is 1.83. The van der Waals surface area contributed by atoms with Crippen LogP contribution in [0.3, 0.4) is 0 Å². The van der Waals surface area contributed by atoms with E-state index in [1.54, 1.807) is 6.92 Å². The lowest BCUT2D eigenvalue weighted by molar-refractivity contribution is -0.151. The first-order valence-electron chi connectivity index (χ1n) is 5.87. The van der Waals surface area contributed by atoms with Gasteiger partial charge in [0.2, 0.25) is 0 Å². The van der Waals surface area contributed by atoms with Gasteiger partial charge < -0.3 is 4.74 Å². The van der Waals surface area contributed by atoms with Gasteiger partial charge in [-0.1, -0.05) is 23.7 Å². The van der Waals surface area contributed by atoms with Crippen LogP contribution < -0.4 is 0 Å². The van der Waals surface area contributed by atoms with Gasteiger partial charge in [0.05, 0.1) is 6.61 Å². The van der Waals surface area contributed by atoms with Crippen molar-refractivity contribution >= 4 is 23.4 Å². The first-order chi connectivity index (χ1) is 8.45. The number of Topliss-reactive ketones (excluding diaryl/α,β-unsaturated/α-hetero) is 1. The average Bonchev–Trinajstić information content (AvgIpc) is 2.27. The number of carbonyl (C=O) groups is 2. The zero-order valence-corrected chi connectivity index (χ0v) is 11.6. The molecule has 0 saturated carbocycles. The molecule has 3 nitrogen and oxygen atoms in total. The van der Waals surface area contributed by atoms with E-state index < -0.39 is 11.9 Å². The molecular weight excluding hydrogens is 252 g/mol. The van der Waals surface area contributed by atoms with Gasteiger partial charge in [-0.05, 0) is 44.4 Å². The van der Waals surface area contributed by atoms with E-state index in [9.17, 15) is 9.59 Å². The molecule has 4 heteroatoms. The third-order valence-corrected chi connectivity index (χ3v) is 3.05. The fourth-order valence-corrected chi connectivity index (χ4v) is 1.99. The second kappa shape index (κ2) is 6.55. The normalized spacial score (nSPS) is 12.0. The van der Waals surface area contributed by atoms with Crippen LogP contribution in [0.4, 0.5) is 0 Å². The molecule has 1 atom stereocenters. The largest absolute Gasteiger partial charge is 0.465 e. The summed E-state index contributed by atoms with van der Waals surface area (Å²) in [5, 5.41) is 0.575. The molecule has 0 heterocycles. The summed E-state index contributed by atoms with van der Waals surface area (Å²) in [6.07, 6.45) is 0.285. The van der Waals surface area contributed by atoms with Gasteiger partial charge in [0.1, 0.15) is 11.7 Å². The zero-order valence-electron chi connectivity index (χ0n) is 10.8. The minimum absolute atomic E-state index is 0.204. The van der Waals surface area contributed by atoms with Crippen LogP contribution in [0.1, 0.15) is 25.0 Å². The van der Waals surface area contributed by atoms with E-state index in [4.69, 9.17) is 16.3 Å². The van der Waals surface area contributed by atoms with Crippen LogP contribution in [0.2, 0.25) is 5.02 Å². The van der Waals surface area contributed by atoms with Crippen LogP contribution in [-0.4, -0.2) is 18.4 Å². The Kier molecular flexibility index (Phi) is 5.35. The van der Waals surface area contributed by atoms with E-state index in [1.807, 2.05) is 25.1 Å². The Bertz CT molecular complexity index is 454. The summed E-state index contributed by atoms with van der Waals surface area (Å²) in [6, 6.07) is 5.57. The minimum Gasteiger partial charge on any atom is -0.465 e. The Balaban J connectivity index is 2.90. The molecule has 0 N–H and O–H groups in total. The highest BCUT2D eigenvalue weighted by molar-refractivity contribution is 6.31. The van der Waals surface area contributed by atoms with Crippen molar-refractivity contribution in [2.45, 2.75) is 27.2 Å². The summed E-state index contributed by atoms with van der Waals surface area (Å²) < 4.78 is 4.90. The van der Waals surface area contributed by atoms with Gasteiger partial charge >= 0.3 is 5.97 Å². The van der Waals surface area contributed by atoms with E-state index in [-0.39, 0.29) is 18.8 Å². The molecular formula is C14H17ClO3. The molecule has 0 aliphatic carbocycles. The Morgan fingerprint density at radius 2 is 2.06 bits per heavy atom. The van der Waals surface area contributed by atoms with Crippen molar-refractivity contribution in [2.75, 3.05) is 6.61 Å². The first kappa shape index (κ1) is 14.7. The molecule has 1 aromatic rings. The van der Waals surface area contributed by atoms with Crippen LogP contribution >= 0.6 is 11.6 Å². The van der Waals surface area contributed by atoms with E-state index in [0.717, 1.165) is 11.1 Å². The number of carbonyl (C=O) groups excluding carboxylic acids is 2. The van der Waals surface area contributed by atoms with Gasteiger partial charge in [-0.3, -0.25) is 9.59 Å². The molecule has 0 aliphatic rings. The predicted molar refractivity (Wildman–Crippen MR) is 70.7 cm³/mol. The molecule has 0 radical (unpaired) electrons. The van der Waals surface area contributed by atoms with Crippen molar-refractivity contribution in [1.82, 2.24) is 0 Å². The average molecular weight is 269 g/mol. The number of rotatable bonds is 5. The molecule has 18 heavy (non-hydrogen) atoms. The predicted octanol–water partition coefficient (Wildman–Crippen LogP) is 2.96. The third-order valence-electron chi connectivity index (χ3n) is 2.69. The summed E-state index contributed by atoms with van der Waals surface area (Å²) in [6.45, 7) is 5.31. The van der Waals surface area contributed by atoms with Crippen molar-refractivity contribution in [3.8, 4) is 0 Å². The molecule has 0 aliphatic heterocycles. The molecule has 0 amide bonds.